The molecule has 2 aromatic heterocycles. The summed E-state index contributed by atoms with van der Waals surface area (Å²) in [5.74, 6) is 0. The van der Waals surface area contributed by atoms with Crippen LogP contribution in [0.1, 0.15) is 113 Å². The predicted octanol–water partition coefficient (Wildman–Crippen LogP) is 13.1. The fraction of sp³-hybridized carbons (Fsp3) is 0.488. The van der Waals surface area contributed by atoms with Crippen molar-refractivity contribution in [2.75, 3.05) is 0 Å². The maximum absolute atomic E-state index is 5.03. The van der Waals surface area contributed by atoms with Crippen molar-refractivity contribution < 1.29 is 0 Å². The van der Waals surface area contributed by atoms with Crippen molar-refractivity contribution >= 4 is 42.3 Å². The van der Waals surface area contributed by atoms with Crippen molar-refractivity contribution in [3.05, 3.63) is 78.0 Å². The number of hydrogen-bond acceptors (Lipinski definition) is 2. The van der Waals surface area contributed by atoms with Gasteiger partial charge in [-0.15, -0.1) is 11.3 Å². The molecule has 5 aromatic rings. The molecule has 0 saturated heterocycles. The SMILES string of the molecule is CC(C)(C)CC(CC(C)(C)C)(CC(C)(C)C)c1ccc2c(c1)sc1c(-c3cc(C(C)(C)C)c4ccccc4c3)nccc12. The van der Waals surface area contributed by atoms with Crippen molar-refractivity contribution in [2.45, 2.75) is 113 Å². The fourth-order valence-corrected chi connectivity index (χ4v) is 9.09. The average molecular weight is 592 g/mol. The predicted molar refractivity (Wildman–Crippen MR) is 193 cm³/mol. The number of nitrogens with zero attached hydrogens (tertiary/aromatic N) is 1. The summed E-state index contributed by atoms with van der Waals surface area (Å²) in [6, 6.07) is 23.2. The summed E-state index contributed by atoms with van der Waals surface area (Å²) >= 11 is 1.92. The van der Waals surface area contributed by atoms with Gasteiger partial charge in [-0.3, -0.25) is 4.98 Å². The number of pyridine rings is 1. The maximum atomic E-state index is 5.03. The first-order valence-corrected chi connectivity index (χ1v) is 16.9. The highest BCUT2D eigenvalue weighted by Crippen LogP contribution is 2.52. The van der Waals surface area contributed by atoms with Crippen LogP contribution in [-0.4, -0.2) is 4.98 Å². The Morgan fingerprint density at radius 2 is 1.21 bits per heavy atom. The van der Waals surface area contributed by atoms with Crippen LogP contribution in [0.4, 0.5) is 0 Å². The standard InChI is InChI=1S/C41H53NS/c1-37(2,3)24-41(25-38(4,5)6,26-39(7,8)9)29-17-18-31-32-19-20-42-35(36(32)43-34(31)23-29)28-21-27-15-13-14-16-30(27)33(22-28)40(10,11)12/h13-23H,24-26H2,1-12H3. The Bertz CT molecular complexity index is 1730. The molecule has 2 heteroatoms. The summed E-state index contributed by atoms with van der Waals surface area (Å²) in [6.07, 6.45) is 5.52. The smallest absolute Gasteiger partial charge is 0.0880 e. The van der Waals surface area contributed by atoms with Gasteiger partial charge in [-0.2, -0.15) is 0 Å². The lowest BCUT2D eigenvalue weighted by Gasteiger charge is -2.46. The van der Waals surface area contributed by atoms with Crippen LogP contribution in [0.3, 0.4) is 0 Å². The molecule has 0 atom stereocenters. The molecule has 0 aliphatic rings. The molecule has 0 aliphatic heterocycles. The molecule has 0 amide bonds. The lowest BCUT2D eigenvalue weighted by atomic mass is 9.58. The molecule has 0 aliphatic carbocycles. The van der Waals surface area contributed by atoms with Gasteiger partial charge in [0.15, 0.2) is 0 Å². The highest BCUT2D eigenvalue weighted by Gasteiger charge is 2.42. The van der Waals surface area contributed by atoms with Gasteiger partial charge in [0.1, 0.15) is 0 Å². The normalized spacial score (nSPS) is 13.9. The van der Waals surface area contributed by atoms with Crippen LogP contribution >= 0.6 is 11.3 Å². The first-order valence-electron chi connectivity index (χ1n) is 16.1. The van der Waals surface area contributed by atoms with E-state index in [-0.39, 0.29) is 27.1 Å². The van der Waals surface area contributed by atoms with Crippen molar-refractivity contribution in [3.63, 3.8) is 0 Å². The lowest BCUT2D eigenvalue weighted by Crippen LogP contribution is -2.38. The summed E-state index contributed by atoms with van der Waals surface area (Å²) < 4.78 is 2.66. The van der Waals surface area contributed by atoms with Gasteiger partial charge < -0.3 is 0 Å². The number of hydrogen-bond donors (Lipinski definition) is 0. The molecule has 0 unspecified atom stereocenters. The molecule has 5 rings (SSSR count). The van der Waals surface area contributed by atoms with Crippen LogP contribution in [0.5, 0.6) is 0 Å². The molecule has 0 radical (unpaired) electrons. The minimum absolute atomic E-state index is 0.0368. The number of thiophene rings is 1. The third kappa shape index (κ3) is 6.85. The number of benzene rings is 3. The van der Waals surface area contributed by atoms with Gasteiger partial charge >= 0.3 is 0 Å². The van der Waals surface area contributed by atoms with Gasteiger partial charge in [-0.05, 0) is 92.5 Å². The van der Waals surface area contributed by atoms with E-state index < -0.39 is 0 Å². The molecule has 0 bridgehead atoms. The second-order valence-electron chi connectivity index (χ2n) is 17.8. The fourth-order valence-electron chi connectivity index (χ4n) is 7.85. The topological polar surface area (TPSA) is 12.9 Å². The van der Waals surface area contributed by atoms with E-state index in [0.717, 1.165) is 5.69 Å². The van der Waals surface area contributed by atoms with Crippen molar-refractivity contribution in [3.8, 4) is 11.3 Å². The highest BCUT2D eigenvalue weighted by molar-refractivity contribution is 7.26. The Balaban J connectivity index is 1.74. The van der Waals surface area contributed by atoms with Gasteiger partial charge in [0.05, 0.1) is 10.4 Å². The Labute approximate surface area is 265 Å². The molecule has 228 valence electrons. The van der Waals surface area contributed by atoms with Crippen LogP contribution in [0.25, 0.3) is 42.2 Å². The van der Waals surface area contributed by atoms with Gasteiger partial charge in [-0.1, -0.05) is 119 Å². The Kier molecular flexibility index (Phi) is 7.91. The van der Waals surface area contributed by atoms with E-state index in [2.05, 4.69) is 144 Å². The van der Waals surface area contributed by atoms with E-state index in [1.165, 1.54) is 66.9 Å². The van der Waals surface area contributed by atoms with E-state index in [1.807, 2.05) is 17.5 Å². The molecule has 1 nitrogen and oxygen atoms in total. The zero-order chi connectivity index (χ0) is 31.6. The molecule has 3 aromatic carbocycles. The zero-order valence-corrected chi connectivity index (χ0v) is 29.6. The molecule has 2 heterocycles. The van der Waals surface area contributed by atoms with E-state index in [9.17, 15) is 0 Å². The van der Waals surface area contributed by atoms with Crippen LogP contribution in [0.15, 0.2) is 66.9 Å². The molecule has 43 heavy (non-hydrogen) atoms. The van der Waals surface area contributed by atoms with Gasteiger partial charge in [-0.25, -0.2) is 0 Å². The van der Waals surface area contributed by atoms with Crippen molar-refractivity contribution in [1.29, 1.82) is 0 Å². The minimum atomic E-state index is 0.0368. The van der Waals surface area contributed by atoms with Crippen LogP contribution in [0, 0.1) is 16.2 Å². The van der Waals surface area contributed by atoms with Crippen LogP contribution in [-0.2, 0) is 10.8 Å². The Morgan fingerprint density at radius 1 is 0.605 bits per heavy atom. The quantitative estimate of drug-likeness (QED) is 0.198. The second kappa shape index (κ2) is 10.7. The minimum Gasteiger partial charge on any atom is -0.255 e. The summed E-state index contributed by atoms with van der Waals surface area (Å²) in [5.41, 5.74) is 6.00. The number of rotatable bonds is 5. The van der Waals surface area contributed by atoms with Gasteiger partial charge in [0, 0.05) is 27.2 Å². The molecule has 0 N–H and O–H groups in total. The first kappa shape index (κ1) is 31.7. The average Bonchev–Trinajstić information content (AvgIpc) is 3.22. The molecule has 0 saturated carbocycles. The third-order valence-corrected chi connectivity index (χ3v) is 9.73. The van der Waals surface area contributed by atoms with E-state index in [0.29, 0.717) is 0 Å². The number of aromatic nitrogens is 1. The number of fused-ring (bicyclic) bond motifs is 4. The Hall–Kier alpha value is -2.71. The van der Waals surface area contributed by atoms with Crippen molar-refractivity contribution in [2.24, 2.45) is 16.2 Å². The molecular formula is C41H53NS. The summed E-state index contributed by atoms with van der Waals surface area (Å²) in [5, 5.41) is 5.28. The van der Waals surface area contributed by atoms with Crippen LogP contribution in [0.2, 0.25) is 0 Å². The van der Waals surface area contributed by atoms with Gasteiger partial charge in [0.2, 0.25) is 0 Å². The molecule has 0 fully saturated rings. The van der Waals surface area contributed by atoms with Crippen LogP contribution < -0.4 is 0 Å². The molecule has 0 spiro atoms. The van der Waals surface area contributed by atoms with Gasteiger partial charge in [0.25, 0.3) is 0 Å². The highest BCUT2D eigenvalue weighted by atomic mass is 32.1. The van der Waals surface area contributed by atoms with Crippen molar-refractivity contribution in [1.82, 2.24) is 4.98 Å². The monoisotopic (exact) mass is 591 g/mol. The summed E-state index contributed by atoms with van der Waals surface area (Å²) in [7, 11) is 0. The summed E-state index contributed by atoms with van der Waals surface area (Å²) in [6.45, 7) is 28.7. The van der Waals surface area contributed by atoms with E-state index in [1.54, 1.807) is 0 Å². The zero-order valence-electron chi connectivity index (χ0n) is 28.8. The second-order valence-corrected chi connectivity index (χ2v) is 18.9. The first-order chi connectivity index (χ1) is 19.7. The maximum Gasteiger partial charge on any atom is 0.0880 e. The van der Waals surface area contributed by atoms with E-state index in [4.69, 9.17) is 4.98 Å². The largest absolute Gasteiger partial charge is 0.255 e. The molecular weight excluding hydrogens is 539 g/mol. The lowest BCUT2D eigenvalue weighted by molar-refractivity contribution is 0.128. The summed E-state index contributed by atoms with van der Waals surface area (Å²) in [4.78, 5) is 5.03. The third-order valence-electron chi connectivity index (χ3n) is 8.55. The van der Waals surface area contributed by atoms with E-state index >= 15 is 0 Å². The Morgan fingerprint density at radius 3 is 1.79 bits per heavy atom.